The zero-order chi connectivity index (χ0) is 41.2. The molecular formula is C58H35N5. The lowest BCUT2D eigenvalue weighted by molar-refractivity contribution is 0.771. The SMILES string of the molecule is c1ccc(-c2nc(-c3ccccc3)nc(-c3cccc4c3c3ccc5c6c7c(cccc7n7c8ccccc8c8cccc(c87)n4c36)C5(c3ccccc3)c3ccccc3)n2)cc1. The van der Waals surface area contributed by atoms with Crippen molar-refractivity contribution in [2.45, 2.75) is 5.41 Å². The van der Waals surface area contributed by atoms with Gasteiger partial charge in [-0.05, 0) is 46.5 Å². The Labute approximate surface area is 361 Å². The quantitative estimate of drug-likeness (QED) is 0.174. The fraction of sp³-hybridized carbons (Fsp3) is 0.0172. The number of hydrogen-bond donors (Lipinski definition) is 0. The van der Waals surface area contributed by atoms with Gasteiger partial charge in [0.05, 0.1) is 38.5 Å². The molecule has 5 nitrogen and oxygen atoms in total. The first-order chi connectivity index (χ1) is 31.3. The summed E-state index contributed by atoms with van der Waals surface area (Å²) in [5.74, 6) is 1.92. The Morgan fingerprint density at radius 2 is 0.794 bits per heavy atom. The molecule has 0 spiro atoms. The summed E-state index contributed by atoms with van der Waals surface area (Å²) in [6, 6.07) is 76.8. The first-order valence-electron chi connectivity index (χ1n) is 21.5. The summed E-state index contributed by atoms with van der Waals surface area (Å²) in [6.07, 6.45) is 0. The van der Waals surface area contributed by atoms with Crippen molar-refractivity contribution >= 4 is 65.4 Å². The molecule has 0 unspecified atom stereocenters. The second-order valence-corrected chi connectivity index (χ2v) is 16.7. The van der Waals surface area contributed by atoms with E-state index in [1.807, 2.05) is 36.4 Å². The van der Waals surface area contributed by atoms with Crippen LogP contribution in [0.15, 0.2) is 212 Å². The molecule has 0 bridgehead atoms. The van der Waals surface area contributed by atoms with Gasteiger partial charge in [-0.2, -0.15) is 0 Å². The third-order valence-electron chi connectivity index (χ3n) is 13.6. The van der Waals surface area contributed by atoms with Crippen LogP contribution >= 0.6 is 0 Å². The highest BCUT2D eigenvalue weighted by molar-refractivity contribution is 6.28. The first-order valence-corrected chi connectivity index (χ1v) is 21.5. The standard InChI is InChI=1S/C58H35N5/c1-5-18-36(19-6-1)55-59-56(37-20-7-2-8-21-37)61-57(60-55)43-28-16-31-47-50(43)42-34-35-45-52-51-44(58(45,38-22-9-3-10-23-38)39-24-11-4-12-25-39)29-17-32-48(51)62-46-30-14-13-26-40(46)41-27-15-33-49(53(41)62)63(47)54(42)52/h1-35H. The van der Waals surface area contributed by atoms with Crippen molar-refractivity contribution < 1.29 is 0 Å². The molecule has 9 aromatic carbocycles. The Morgan fingerprint density at radius 3 is 1.48 bits per heavy atom. The molecule has 5 heteroatoms. The van der Waals surface area contributed by atoms with Crippen molar-refractivity contribution in [3.63, 3.8) is 0 Å². The zero-order valence-corrected chi connectivity index (χ0v) is 33.9. The molecule has 4 heterocycles. The number of fused-ring (bicyclic) bond motifs is 8. The van der Waals surface area contributed by atoms with E-state index in [1.54, 1.807) is 0 Å². The maximum Gasteiger partial charge on any atom is 0.164 e. The van der Waals surface area contributed by atoms with E-state index in [0.717, 1.165) is 38.5 Å². The van der Waals surface area contributed by atoms with Gasteiger partial charge in [-0.15, -0.1) is 0 Å². The molecule has 0 fully saturated rings. The smallest absolute Gasteiger partial charge is 0.164 e. The largest absolute Gasteiger partial charge is 0.307 e. The fourth-order valence-electron chi connectivity index (χ4n) is 11.1. The molecule has 1 aliphatic rings. The molecule has 0 aliphatic heterocycles. The molecule has 292 valence electrons. The van der Waals surface area contributed by atoms with Gasteiger partial charge in [0.15, 0.2) is 17.5 Å². The van der Waals surface area contributed by atoms with Gasteiger partial charge in [-0.1, -0.05) is 188 Å². The second-order valence-electron chi connectivity index (χ2n) is 16.7. The maximum absolute atomic E-state index is 5.30. The van der Waals surface area contributed by atoms with Gasteiger partial charge >= 0.3 is 0 Å². The highest BCUT2D eigenvalue weighted by atomic mass is 15.0. The predicted molar refractivity (Wildman–Crippen MR) is 257 cm³/mol. The summed E-state index contributed by atoms with van der Waals surface area (Å²) < 4.78 is 5.09. The van der Waals surface area contributed by atoms with E-state index in [2.05, 4.69) is 185 Å². The van der Waals surface area contributed by atoms with Crippen LogP contribution in [-0.4, -0.2) is 23.8 Å². The van der Waals surface area contributed by atoms with E-state index in [0.29, 0.717) is 17.5 Å². The third kappa shape index (κ3) is 4.52. The Hall–Kier alpha value is -8.41. The molecule has 0 amide bonds. The van der Waals surface area contributed by atoms with Crippen molar-refractivity contribution in [2.75, 3.05) is 0 Å². The van der Waals surface area contributed by atoms with Crippen LogP contribution in [0.5, 0.6) is 0 Å². The van der Waals surface area contributed by atoms with Gasteiger partial charge in [-0.25, -0.2) is 15.0 Å². The summed E-state index contributed by atoms with van der Waals surface area (Å²) in [5.41, 5.74) is 14.2. The molecule has 4 aromatic heterocycles. The molecule has 0 saturated heterocycles. The van der Waals surface area contributed by atoms with Gasteiger partial charge in [0.25, 0.3) is 0 Å². The average molecular weight is 802 g/mol. The van der Waals surface area contributed by atoms with E-state index in [-0.39, 0.29) is 0 Å². The Bertz CT molecular complexity index is 3910. The molecule has 14 rings (SSSR count). The maximum atomic E-state index is 5.30. The molecule has 63 heavy (non-hydrogen) atoms. The van der Waals surface area contributed by atoms with Crippen LogP contribution < -0.4 is 0 Å². The third-order valence-corrected chi connectivity index (χ3v) is 13.6. The van der Waals surface area contributed by atoms with Crippen molar-refractivity contribution in [2.24, 2.45) is 0 Å². The topological polar surface area (TPSA) is 47.5 Å². The number of nitrogens with zero attached hydrogens (tertiary/aromatic N) is 5. The van der Waals surface area contributed by atoms with E-state index < -0.39 is 5.41 Å². The predicted octanol–water partition coefficient (Wildman–Crippen LogP) is 13.8. The highest BCUT2D eigenvalue weighted by Crippen LogP contribution is 2.57. The van der Waals surface area contributed by atoms with Gasteiger partial charge in [0.2, 0.25) is 0 Å². The lowest BCUT2D eigenvalue weighted by atomic mass is 9.67. The van der Waals surface area contributed by atoms with Gasteiger partial charge < -0.3 is 8.80 Å². The Balaban J connectivity index is 1.23. The monoisotopic (exact) mass is 801 g/mol. The summed E-state index contributed by atoms with van der Waals surface area (Å²) in [4.78, 5) is 15.7. The number of para-hydroxylation sites is 2. The number of rotatable bonds is 5. The molecule has 0 N–H and O–H groups in total. The van der Waals surface area contributed by atoms with Gasteiger partial charge in [0, 0.05) is 49.0 Å². The van der Waals surface area contributed by atoms with E-state index in [1.165, 1.54) is 65.9 Å². The van der Waals surface area contributed by atoms with Crippen LogP contribution in [0.4, 0.5) is 0 Å². The Morgan fingerprint density at radius 1 is 0.302 bits per heavy atom. The molecular weight excluding hydrogens is 767 g/mol. The zero-order valence-electron chi connectivity index (χ0n) is 33.9. The van der Waals surface area contributed by atoms with Crippen molar-refractivity contribution in [1.82, 2.24) is 23.8 Å². The summed E-state index contributed by atoms with van der Waals surface area (Å²) in [6.45, 7) is 0. The first kappa shape index (κ1) is 34.3. The summed E-state index contributed by atoms with van der Waals surface area (Å²) in [5, 5.41) is 7.22. The highest BCUT2D eigenvalue weighted by Gasteiger charge is 2.46. The van der Waals surface area contributed by atoms with Crippen LogP contribution in [0.3, 0.4) is 0 Å². The molecule has 13 aromatic rings. The normalized spacial score (nSPS) is 13.2. The minimum atomic E-state index is -0.594. The van der Waals surface area contributed by atoms with Gasteiger partial charge in [0.1, 0.15) is 0 Å². The molecule has 0 atom stereocenters. The molecule has 0 saturated carbocycles. The summed E-state index contributed by atoms with van der Waals surface area (Å²) >= 11 is 0. The van der Waals surface area contributed by atoms with Crippen molar-refractivity contribution in [3.8, 4) is 34.2 Å². The van der Waals surface area contributed by atoms with E-state index >= 15 is 0 Å². The lowest BCUT2D eigenvalue weighted by Crippen LogP contribution is -2.28. The number of benzene rings is 9. The van der Waals surface area contributed by atoms with Crippen molar-refractivity contribution in [3.05, 3.63) is 235 Å². The molecule has 0 radical (unpaired) electrons. The number of hydrogen-bond acceptors (Lipinski definition) is 3. The molecule has 1 aliphatic carbocycles. The van der Waals surface area contributed by atoms with E-state index in [9.17, 15) is 0 Å². The fourth-order valence-corrected chi connectivity index (χ4v) is 11.1. The minimum absolute atomic E-state index is 0.594. The van der Waals surface area contributed by atoms with Gasteiger partial charge in [-0.3, -0.25) is 0 Å². The number of aromatic nitrogens is 5. The Kier molecular flexibility index (Phi) is 6.97. The van der Waals surface area contributed by atoms with Crippen LogP contribution in [0.2, 0.25) is 0 Å². The average Bonchev–Trinajstić information content (AvgIpc) is 3.99. The van der Waals surface area contributed by atoms with Crippen molar-refractivity contribution in [1.29, 1.82) is 0 Å². The lowest BCUT2D eigenvalue weighted by Gasteiger charge is -2.34. The van der Waals surface area contributed by atoms with Crippen LogP contribution in [0, 0.1) is 0 Å². The van der Waals surface area contributed by atoms with E-state index in [4.69, 9.17) is 15.0 Å². The second kappa shape index (κ2) is 12.8. The van der Waals surface area contributed by atoms with Crippen LogP contribution in [-0.2, 0) is 5.41 Å². The van der Waals surface area contributed by atoms with Crippen LogP contribution in [0.25, 0.3) is 99.6 Å². The van der Waals surface area contributed by atoms with Crippen LogP contribution in [0.1, 0.15) is 22.3 Å². The summed E-state index contributed by atoms with van der Waals surface area (Å²) in [7, 11) is 0. The minimum Gasteiger partial charge on any atom is -0.307 e.